The Bertz CT molecular complexity index is 1760. The Morgan fingerprint density at radius 2 is 0.732 bits per heavy atom. The molecule has 12 heteroatoms. The van der Waals surface area contributed by atoms with Gasteiger partial charge in [-0.15, -0.1) is 0 Å². The normalized spacial score (nSPS) is 13.2. The maximum absolute atomic E-state index is 14.8. The monoisotopic (exact) mass is 818 g/mol. The number of benzene rings is 2. The van der Waals surface area contributed by atoms with Crippen LogP contribution in [0.1, 0.15) is 194 Å². The molecular formula is C44H70N2O8S2. The van der Waals surface area contributed by atoms with Gasteiger partial charge in [-0.1, -0.05) is 120 Å². The summed E-state index contributed by atoms with van der Waals surface area (Å²) in [5.74, 6) is -0.503. The van der Waals surface area contributed by atoms with Gasteiger partial charge in [0.2, 0.25) is 0 Å². The molecule has 0 atom stereocenters. The van der Waals surface area contributed by atoms with Gasteiger partial charge in [0.1, 0.15) is 11.2 Å². The summed E-state index contributed by atoms with van der Waals surface area (Å²) in [4.78, 5) is 27.8. The highest BCUT2D eigenvalue weighted by molar-refractivity contribution is 7.90. The first-order valence-corrected chi connectivity index (χ1v) is 22.7. The Morgan fingerprint density at radius 3 is 0.911 bits per heavy atom. The van der Waals surface area contributed by atoms with Crippen molar-refractivity contribution in [2.24, 2.45) is 0 Å². The fraction of sp³-hybridized carbons (Fsp3) is 0.636. The molecule has 0 heterocycles. The molecule has 316 valence electrons. The van der Waals surface area contributed by atoms with Gasteiger partial charge in [0, 0.05) is 0 Å². The zero-order valence-corrected chi connectivity index (χ0v) is 39.0. The molecule has 2 rings (SSSR count). The Hall–Kier alpha value is -3.38. The average Bonchev–Trinajstić information content (AvgIpc) is 3.02. The van der Waals surface area contributed by atoms with Crippen LogP contribution in [0.5, 0.6) is 0 Å². The van der Waals surface area contributed by atoms with Crippen molar-refractivity contribution in [3.63, 3.8) is 0 Å². The lowest BCUT2D eigenvalue weighted by Gasteiger charge is -2.30. The molecule has 0 saturated heterocycles. The molecule has 0 bridgehead atoms. The SMILES string of the molecule is CC(C)c1cc(C(C)C)c(S(=O)(=O)N(C/C=C/CN(C(=O)OC(C)(C)C)S(=O)(=O)c2c(C(C)C)cc(C(C)C)cc2C(C)C)C(=O)OC(C)(C)C)c(C(C)C)c1. The van der Waals surface area contributed by atoms with Gasteiger partial charge in [-0.3, -0.25) is 0 Å². The van der Waals surface area contributed by atoms with Gasteiger partial charge >= 0.3 is 12.2 Å². The predicted octanol–water partition coefficient (Wildman–Crippen LogP) is 11.5. The number of hydrogen-bond donors (Lipinski definition) is 0. The van der Waals surface area contributed by atoms with Crippen molar-refractivity contribution in [1.29, 1.82) is 0 Å². The van der Waals surface area contributed by atoms with Crippen LogP contribution in [0.2, 0.25) is 0 Å². The first-order chi connectivity index (χ1) is 25.3. The van der Waals surface area contributed by atoms with Gasteiger partial charge in [-0.05, 0) is 110 Å². The van der Waals surface area contributed by atoms with Crippen molar-refractivity contribution < 1.29 is 35.9 Å². The van der Waals surface area contributed by atoms with Gasteiger partial charge in [0.15, 0.2) is 0 Å². The van der Waals surface area contributed by atoms with E-state index in [1.165, 1.54) is 12.2 Å². The first kappa shape index (κ1) is 48.8. The first-order valence-electron chi connectivity index (χ1n) is 19.9. The van der Waals surface area contributed by atoms with E-state index in [1.807, 2.05) is 107 Å². The van der Waals surface area contributed by atoms with Crippen LogP contribution in [0.3, 0.4) is 0 Å². The third-order valence-corrected chi connectivity index (χ3v) is 12.9. The summed E-state index contributed by atoms with van der Waals surface area (Å²) in [7, 11) is -9.07. The van der Waals surface area contributed by atoms with E-state index < -0.39 is 56.5 Å². The van der Waals surface area contributed by atoms with E-state index in [0.717, 1.165) is 11.1 Å². The van der Waals surface area contributed by atoms with E-state index in [9.17, 15) is 26.4 Å². The minimum absolute atomic E-state index is 0.0522. The summed E-state index contributed by atoms with van der Waals surface area (Å²) in [5, 5.41) is 0. The summed E-state index contributed by atoms with van der Waals surface area (Å²) in [6.45, 7) is 32.4. The molecule has 0 spiro atoms. The summed E-state index contributed by atoms with van der Waals surface area (Å²) < 4.78 is 71.9. The number of nitrogens with zero attached hydrogens (tertiary/aromatic N) is 2. The number of hydrogen-bond acceptors (Lipinski definition) is 8. The largest absolute Gasteiger partial charge is 0.443 e. The lowest BCUT2D eigenvalue weighted by molar-refractivity contribution is 0.0387. The van der Waals surface area contributed by atoms with E-state index in [1.54, 1.807) is 41.5 Å². The van der Waals surface area contributed by atoms with Crippen molar-refractivity contribution in [2.75, 3.05) is 13.1 Å². The molecule has 0 aromatic heterocycles. The Kier molecular flexibility index (Phi) is 16.1. The maximum atomic E-state index is 14.8. The molecule has 2 amide bonds. The number of ether oxygens (including phenoxy) is 2. The van der Waals surface area contributed by atoms with E-state index in [4.69, 9.17) is 9.47 Å². The molecule has 0 aliphatic heterocycles. The maximum Gasteiger partial charge on any atom is 0.424 e. The summed E-state index contributed by atoms with van der Waals surface area (Å²) in [6.07, 6.45) is 0.583. The zero-order valence-electron chi connectivity index (χ0n) is 37.3. The minimum Gasteiger partial charge on any atom is -0.443 e. The second kappa shape index (κ2) is 18.5. The average molecular weight is 819 g/mol. The van der Waals surface area contributed by atoms with Gasteiger partial charge in [-0.2, -0.15) is 8.61 Å². The predicted molar refractivity (Wildman–Crippen MR) is 227 cm³/mol. The van der Waals surface area contributed by atoms with Gasteiger partial charge in [0.25, 0.3) is 20.0 Å². The second-order valence-corrected chi connectivity index (χ2v) is 22.1. The number of rotatable bonds is 14. The zero-order chi connectivity index (χ0) is 43.5. The van der Waals surface area contributed by atoms with Crippen molar-refractivity contribution in [3.05, 3.63) is 69.8 Å². The van der Waals surface area contributed by atoms with Crippen molar-refractivity contribution in [3.8, 4) is 0 Å². The van der Waals surface area contributed by atoms with E-state index in [-0.39, 0.29) is 45.3 Å². The summed E-state index contributed by atoms with van der Waals surface area (Å²) in [6, 6.07) is 7.58. The molecule has 0 aliphatic rings. The van der Waals surface area contributed by atoms with Crippen LogP contribution in [0, 0.1) is 0 Å². The highest BCUT2D eigenvalue weighted by Crippen LogP contribution is 2.39. The van der Waals surface area contributed by atoms with Crippen molar-refractivity contribution in [2.45, 2.75) is 181 Å². The van der Waals surface area contributed by atoms with Crippen LogP contribution in [-0.2, 0) is 29.5 Å². The molecule has 0 N–H and O–H groups in total. The van der Waals surface area contributed by atoms with Gasteiger partial charge in [0.05, 0.1) is 22.9 Å². The van der Waals surface area contributed by atoms with Crippen LogP contribution in [0.4, 0.5) is 9.59 Å². The third-order valence-electron chi connectivity index (χ3n) is 9.16. The smallest absolute Gasteiger partial charge is 0.424 e. The lowest BCUT2D eigenvalue weighted by atomic mass is 9.89. The quantitative estimate of drug-likeness (QED) is 0.172. The molecule has 0 fully saturated rings. The van der Waals surface area contributed by atoms with Crippen molar-refractivity contribution in [1.82, 2.24) is 8.61 Å². The molecule has 10 nitrogen and oxygen atoms in total. The third kappa shape index (κ3) is 12.1. The molecule has 0 saturated carbocycles. The van der Waals surface area contributed by atoms with Crippen LogP contribution in [0.15, 0.2) is 46.2 Å². The molecule has 2 aromatic carbocycles. The number of carbonyl (C=O) groups excluding carboxylic acids is 2. The van der Waals surface area contributed by atoms with Crippen LogP contribution in [0.25, 0.3) is 0 Å². The highest BCUT2D eigenvalue weighted by Gasteiger charge is 2.39. The Balaban J connectivity index is 2.85. The van der Waals surface area contributed by atoms with E-state index in [2.05, 4.69) is 0 Å². The number of sulfonamides is 2. The molecule has 0 unspecified atom stereocenters. The van der Waals surface area contributed by atoms with E-state index >= 15 is 0 Å². The molecular weight excluding hydrogens is 749 g/mol. The van der Waals surface area contributed by atoms with Crippen LogP contribution >= 0.6 is 0 Å². The summed E-state index contributed by atoms with van der Waals surface area (Å²) >= 11 is 0. The fourth-order valence-electron chi connectivity index (χ4n) is 6.10. The molecule has 56 heavy (non-hydrogen) atoms. The summed E-state index contributed by atoms with van der Waals surface area (Å²) in [5.41, 5.74) is 2.29. The Morgan fingerprint density at radius 1 is 0.500 bits per heavy atom. The highest BCUT2D eigenvalue weighted by atomic mass is 32.2. The fourth-order valence-corrected chi connectivity index (χ4v) is 9.95. The number of amides is 2. The Labute approximate surface area is 339 Å². The van der Waals surface area contributed by atoms with Gasteiger partial charge < -0.3 is 9.47 Å². The standard InChI is InChI=1S/C44H70N2O8S2/c1-27(2)33-23-35(29(5)6)39(36(24-33)30(7)8)55(49,50)45(41(47)53-43(13,14)15)21-19-20-22-46(42(48)54-44(16,17)18)56(51,52)40-37(31(9)10)25-34(28(3)4)26-38(40)32(11)12/h19-20,23-32H,21-22H2,1-18H3/b20-19+. The molecule has 2 aromatic rings. The van der Waals surface area contributed by atoms with Gasteiger partial charge in [-0.25, -0.2) is 26.4 Å². The topological polar surface area (TPSA) is 127 Å². The minimum atomic E-state index is -4.54. The molecule has 0 aliphatic carbocycles. The number of carbonyl (C=O) groups is 2. The van der Waals surface area contributed by atoms with Crippen LogP contribution in [-0.4, -0.2) is 61.9 Å². The van der Waals surface area contributed by atoms with Crippen molar-refractivity contribution >= 4 is 32.2 Å². The second-order valence-electron chi connectivity index (χ2n) is 18.5. The lowest BCUT2D eigenvalue weighted by Crippen LogP contribution is -2.42. The molecule has 0 radical (unpaired) electrons. The van der Waals surface area contributed by atoms with E-state index in [0.29, 0.717) is 30.9 Å². The van der Waals surface area contributed by atoms with Crippen LogP contribution < -0.4 is 0 Å².